The van der Waals surface area contributed by atoms with Gasteiger partial charge in [-0.15, -0.1) is 0 Å². The fourth-order valence-electron chi connectivity index (χ4n) is 1.26. The van der Waals surface area contributed by atoms with Crippen LogP contribution in [0.3, 0.4) is 0 Å². The SMILES string of the molecule is Cc1nc(COc2ccc(Br)cc2C#N)no1. The Labute approximate surface area is 106 Å². The molecule has 5 nitrogen and oxygen atoms in total. The highest BCUT2D eigenvalue weighted by molar-refractivity contribution is 9.10. The smallest absolute Gasteiger partial charge is 0.223 e. The van der Waals surface area contributed by atoms with E-state index in [1.54, 1.807) is 25.1 Å². The molecule has 0 atom stereocenters. The summed E-state index contributed by atoms with van der Waals surface area (Å²) in [6.45, 7) is 1.88. The van der Waals surface area contributed by atoms with Crippen molar-refractivity contribution in [2.45, 2.75) is 13.5 Å². The number of aryl methyl sites for hydroxylation is 1. The first-order valence-electron chi connectivity index (χ1n) is 4.80. The normalized spacial score (nSPS) is 9.94. The van der Waals surface area contributed by atoms with Gasteiger partial charge >= 0.3 is 0 Å². The largest absolute Gasteiger partial charge is 0.484 e. The summed E-state index contributed by atoms with van der Waals surface area (Å²) in [4.78, 5) is 4.00. The van der Waals surface area contributed by atoms with Crippen LogP contribution in [-0.2, 0) is 6.61 Å². The monoisotopic (exact) mass is 293 g/mol. The van der Waals surface area contributed by atoms with E-state index in [0.717, 1.165) is 4.47 Å². The summed E-state index contributed by atoms with van der Waals surface area (Å²) in [5, 5.41) is 12.6. The van der Waals surface area contributed by atoms with E-state index < -0.39 is 0 Å². The maximum absolute atomic E-state index is 8.94. The van der Waals surface area contributed by atoms with Gasteiger partial charge in [-0.3, -0.25) is 0 Å². The van der Waals surface area contributed by atoms with Crippen LogP contribution in [0.5, 0.6) is 5.75 Å². The number of hydrogen-bond donors (Lipinski definition) is 0. The fraction of sp³-hybridized carbons (Fsp3) is 0.182. The zero-order chi connectivity index (χ0) is 12.3. The zero-order valence-electron chi connectivity index (χ0n) is 8.98. The third kappa shape index (κ3) is 2.82. The molecule has 17 heavy (non-hydrogen) atoms. The van der Waals surface area contributed by atoms with Crippen molar-refractivity contribution in [3.63, 3.8) is 0 Å². The number of rotatable bonds is 3. The maximum Gasteiger partial charge on any atom is 0.223 e. The van der Waals surface area contributed by atoms with Gasteiger partial charge in [0.05, 0.1) is 5.56 Å². The number of ether oxygens (including phenoxy) is 1. The minimum absolute atomic E-state index is 0.174. The first kappa shape index (κ1) is 11.6. The number of hydrogen-bond acceptors (Lipinski definition) is 5. The Morgan fingerprint density at radius 3 is 3.00 bits per heavy atom. The summed E-state index contributed by atoms with van der Waals surface area (Å²) < 4.78 is 11.1. The Bertz CT molecular complexity index is 574. The molecule has 0 fully saturated rings. The van der Waals surface area contributed by atoms with Gasteiger partial charge in [0.15, 0.2) is 6.61 Å². The van der Waals surface area contributed by atoms with Crippen molar-refractivity contribution in [2.75, 3.05) is 0 Å². The lowest BCUT2D eigenvalue weighted by atomic mass is 10.2. The summed E-state index contributed by atoms with van der Waals surface area (Å²) >= 11 is 3.29. The standard InChI is InChI=1S/C11H8BrN3O2/c1-7-14-11(15-17-7)6-16-10-3-2-9(12)4-8(10)5-13/h2-4H,6H2,1H3. The second-order valence-corrected chi connectivity index (χ2v) is 4.19. The predicted molar refractivity (Wildman–Crippen MR) is 62.2 cm³/mol. The van der Waals surface area contributed by atoms with Crippen LogP contribution in [0.1, 0.15) is 17.3 Å². The van der Waals surface area contributed by atoms with Crippen molar-refractivity contribution in [3.05, 3.63) is 40.0 Å². The van der Waals surface area contributed by atoms with Gasteiger partial charge in [0.2, 0.25) is 11.7 Å². The second-order valence-electron chi connectivity index (χ2n) is 3.27. The number of benzene rings is 1. The summed E-state index contributed by atoms with van der Waals surface area (Å²) in [5.41, 5.74) is 0.458. The van der Waals surface area contributed by atoms with Gasteiger partial charge in [-0.25, -0.2) is 0 Å². The lowest BCUT2D eigenvalue weighted by Gasteiger charge is -2.05. The predicted octanol–water partition coefficient (Wildman–Crippen LogP) is 2.59. The van der Waals surface area contributed by atoms with Crippen LogP contribution in [0, 0.1) is 18.3 Å². The maximum atomic E-state index is 8.94. The Hall–Kier alpha value is -1.87. The van der Waals surface area contributed by atoms with E-state index in [0.29, 0.717) is 23.0 Å². The van der Waals surface area contributed by atoms with Gasteiger partial charge in [0.1, 0.15) is 11.8 Å². The van der Waals surface area contributed by atoms with Gasteiger partial charge in [-0.05, 0) is 18.2 Å². The molecule has 0 N–H and O–H groups in total. The van der Waals surface area contributed by atoms with Gasteiger partial charge in [0, 0.05) is 11.4 Å². The first-order valence-corrected chi connectivity index (χ1v) is 5.60. The van der Waals surface area contributed by atoms with Gasteiger partial charge in [-0.1, -0.05) is 21.1 Å². The molecule has 2 rings (SSSR count). The highest BCUT2D eigenvalue weighted by Crippen LogP contribution is 2.22. The summed E-state index contributed by atoms with van der Waals surface area (Å²) in [6, 6.07) is 7.27. The van der Waals surface area contributed by atoms with E-state index >= 15 is 0 Å². The van der Waals surface area contributed by atoms with Crippen LogP contribution >= 0.6 is 15.9 Å². The molecule has 0 spiro atoms. The molecule has 1 aromatic heterocycles. The van der Waals surface area contributed by atoms with Crippen LogP contribution in [-0.4, -0.2) is 10.1 Å². The molecule has 0 amide bonds. The lowest BCUT2D eigenvalue weighted by molar-refractivity contribution is 0.285. The molecule has 0 bridgehead atoms. The van der Waals surface area contributed by atoms with Crippen LogP contribution in [0.15, 0.2) is 27.2 Å². The van der Waals surface area contributed by atoms with Gasteiger partial charge < -0.3 is 9.26 Å². The van der Waals surface area contributed by atoms with Gasteiger partial charge in [-0.2, -0.15) is 10.2 Å². The van der Waals surface area contributed by atoms with E-state index in [4.69, 9.17) is 14.5 Å². The highest BCUT2D eigenvalue weighted by atomic mass is 79.9. The molecule has 0 radical (unpaired) electrons. The lowest BCUT2D eigenvalue weighted by Crippen LogP contribution is -1.99. The van der Waals surface area contributed by atoms with Crippen LogP contribution in [0.25, 0.3) is 0 Å². The van der Waals surface area contributed by atoms with Crippen molar-refractivity contribution in [1.82, 2.24) is 10.1 Å². The number of aromatic nitrogens is 2. The summed E-state index contributed by atoms with van der Waals surface area (Å²) in [6.07, 6.45) is 0. The van der Waals surface area contributed by atoms with Crippen molar-refractivity contribution >= 4 is 15.9 Å². The molecule has 0 aliphatic rings. The fourth-order valence-corrected chi connectivity index (χ4v) is 1.62. The van der Waals surface area contributed by atoms with Crippen molar-refractivity contribution in [1.29, 1.82) is 5.26 Å². The average molecular weight is 294 g/mol. The molecule has 2 aromatic rings. The van der Waals surface area contributed by atoms with Crippen molar-refractivity contribution in [3.8, 4) is 11.8 Å². The van der Waals surface area contributed by atoms with Crippen molar-refractivity contribution in [2.24, 2.45) is 0 Å². The second kappa shape index (κ2) is 4.97. The van der Waals surface area contributed by atoms with Crippen molar-refractivity contribution < 1.29 is 9.26 Å². The number of nitrogens with zero attached hydrogens (tertiary/aromatic N) is 3. The average Bonchev–Trinajstić information content (AvgIpc) is 2.73. The molecule has 0 aliphatic heterocycles. The third-order valence-corrected chi connectivity index (χ3v) is 2.48. The van der Waals surface area contributed by atoms with Gasteiger partial charge in [0.25, 0.3) is 0 Å². The highest BCUT2D eigenvalue weighted by Gasteiger charge is 2.07. The molecule has 0 saturated carbocycles. The van der Waals surface area contributed by atoms with Crippen LogP contribution in [0.4, 0.5) is 0 Å². The molecule has 0 saturated heterocycles. The topological polar surface area (TPSA) is 71.9 Å². The molecule has 1 heterocycles. The first-order chi connectivity index (χ1) is 8.19. The van der Waals surface area contributed by atoms with E-state index in [1.165, 1.54) is 0 Å². The Morgan fingerprint density at radius 1 is 1.53 bits per heavy atom. The molecule has 6 heteroatoms. The quantitative estimate of drug-likeness (QED) is 0.870. The van der Waals surface area contributed by atoms with E-state index in [-0.39, 0.29) is 6.61 Å². The molecule has 86 valence electrons. The third-order valence-electron chi connectivity index (χ3n) is 1.99. The Morgan fingerprint density at radius 2 is 2.35 bits per heavy atom. The Balaban J connectivity index is 2.12. The minimum atomic E-state index is 0.174. The van der Waals surface area contributed by atoms with E-state index in [1.807, 2.05) is 0 Å². The van der Waals surface area contributed by atoms with Crippen LogP contribution < -0.4 is 4.74 Å². The molecular weight excluding hydrogens is 286 g/mol. The minimum Gasteiger partial charge on any atom is -0.484 e. The van der Waals surface area contributed by atoms with Crippen LogP contribution in [0.2, 0.25) is 0 Å². The zero-order valence-corrected chi connectivity index (χ0v) is 10.6. The summed E-state index contributed by atoms with van der Waals surface area (Å²) in [5.74, 6) is 1.44. The van der Waals surface area contributed by atoms with E-state index in [9.17, 15) is 0 Å². The number of halogens is 1. The molecule has 0 aliphatic carbocycles. The molecule has 1 aromatic carbocycles. The number of nitriles is 1. The summed E-state index contributed by atoms with van der Waals surface area (Å²) in [7, 11) is 0. The van der Waals surface area contributed by atoms with E-state index in [2.05, 4.69) is 32.1 Å². The molecular formula is C11H8BrN3O2. The molecule has 0 unspecified atom stereocenters. The Kier molecular flexibility index (Phi) is 3.40.